The van der Waals surface area contributed by atoms with Crippen molar-refractivity contribution in [2.45, 2.75) is 51.2 Å². The maximum atomic E-state index is 14.1. The molecule has 1 aliphatic rings. The summed E-state index contributed by atoms with van der Waals surface area (Å²) < 4.78 is 6.90. The van der Waals surface area contributed by atoms with Crippen molar-refractivity contribution in [1.29, 1.82) is 5.26 Å². The molecule has 1 aromatic heterocycles. The topological polar surface area (TPSA) is 79.3 Å². The molecule has 0 saturated heterocycles. The number of rotatable bonds is 6. The summed E-state index contributed by atoms with van der Waals surface area (Å²) in [5, 5.41) is 10.3. The number of carbonyl (C=O) groups is 1. The maximum absolute atomic E-state index is 14.1. The molecule has 0 unspecified atom stereocenters. The highest BCUT2D eigenvalue weighted by atomic mass is 32.1. The van der Waals surface area contributed by atoms with E-state index in [2.05, 4.69) is 36.1 Å². The zero-order valence-electron chi connectivity index (χ0n) is 21.2. The van der Waals surface area contributed by atoms with Crippen molar-refractivity contribution in [2.75, 3.05) is 7.11 Å². The van der Waals surface area contributed by atoms with Gasteiger partial charge >= 0.3 is 0 Å². The maximum Gasteiger partial charge on any atom is 0.264 e. The van der Waals surface area contributed by atoms with Gasteiger partial charge in [-0.25, -0.2) is 0 Å². The molecule has 1 heterocycles. The lowest BCUT2D eigenvalue weighted by Crippen LogP contribution is -2.43. The molecule has 0 bridgehead atoms. The largest absolute Gasteiger partial charge is 0.496 e. The van der Waals surface area contributed by atoms with E-state index in [1.807, 2.05) is 48.5 Å². The summed E-state index contributed by atoms with van der Waals surface area (Å²) in [4.78, 5) is 16.9. The van der Waals surface area contributed by atoms with Gasteiger partial charge in [-0.05, 0) is 78.9 Å². The summed E-state index contributed by atoms with van der Waals surface area (Å²) >= 11 is 1.58. The molecule has 0 spiro atoms. The fourth-order valence-corrected chi connectivity index (χ4v) is 6.45. The Hall–Kier alpha value is -3.66. The van der Waals surface area contributed by atoms with Crippen LogP contribution in [-0.4, -0.2) is 30.0 Å². The van der Waals surface area contributed by atoms with Crippen LogP contribution in [0.25, 0.3) is 21.2 Å². The standard InChI is InChI=1S/C31H31N3O2S/c1-20-26-5-3-4-6-29(26)37-30(20)31(35)34(25-14-12-24(33)13-15-25)19-22-9-16-27(28(17-22)36-2)23-10-7-21(18-32)8-11-23/h3-11,16-17,24-25H,12-15,19,33H2,1-2H3. The van der Waals surface area contributed by atoms with E-state index in [1.54, 1.807) is 18.4 Å². The number of nitrogens with zero attached hydrogens (tertiary/aromatic N) is 2. The van der Waals surface area contributed by atoms with E-state index in [9.17, 15) is 4.79 Å². The zero-order chi connectivity index (χ0) is 25.9. The number of thiophene rings is 1. The Morgan fingerprint density at radius 2 is 1.81 bits per heavy atom. The van der Waals surface area contributed by atoms with Crippen molar-refractivity contribution in [3.05, 3.63) is 88.3 Å². The van der Waals surface area contributed by atoms with E-state index in [0.717, 1.165) is 68.6 Å². The minimum atomic E-state index is 0.0920. The predicted molar refractivity (Wildman–Crippen MR) is 150 cm³/mol. The van der Waals surface area contributed by atoms with Gasteiger partial charge in [0.25, 0.3) is 5.91 Å². The van der Waals surface area contributed by atoms with E-state index in [-0.39, 0.29) is 18.0 Å². The van der Waals surface area contributed by atoms with Crippen molar-refractivity contribution in [2.24, 2.45) is 5.73 Å². The highest BCUT2D eigenvalue weighted by Crippen LogP contribution is 2.35. The number of aryl methyl sites for hydroxylation is 1. The Kier molecular flexibility index (Phi) is 7.27. The molecule has 1 saturated carbocycles. The van der Waals surface area contributed by atoms with Crippen LogP contribution in [0.5, 0.6) is 5.75 Å². The van der Waals surface area contributed by atoms with Crippen LogP contribution in [0.3, 0.4) is 0 Å². The van der Waals surface area contributed by atoms with Crippen LogP contribution < -0.4 is 10.5 Å². The number of nitriles is 1. The second-order valence-electron chi connectivity index (χ2n) is 9.78. The van der Waals surface area contributed by atoms with Gasteiger partial charge in [0.05, 0.1) is 23.6 Å². The van der Waals surface area contributed by atoms with E-state index in [4.69, 9.17) is 15.7 Å². The zero-order valence-corrected chi connectivity index (χ0v) is 22.1. The van der Waals surface area contributed by atoms with Crippen LogP contribution in [0.2, 0.25) is 0 Å². The van der Waals surface area contributed by atoms with Crippen LogP contribution in [0.4, 0.5) is 0 Å². The molecule has 37 heavy (non-hydrogen) atoms. The molecule has 0 atom stereocenters. The van der Waals surface area contributed by atoms with E-state index < -0.39 is 0 Å². The number of benzene rings is 3. The molecule has 2 N–H and O–H groups in total. The van der Waals surface area contributed by atoms with Gasteiger partial charge in [0.1, 0.15) is 5.75 Å². The highest BCUT2D eigenvalue weighted by molar-refractivity contribution is 7.21. The number of nitrogens with two attached hydrogens (primary N) is 1. The first-order chi connectivity index (χ1) is 18.0. The van der Waals surface area contributed by atoms with Gasteiger partial charge in [0.15, 0.2) is 0 Å². The van der Waals surface area contributed by atoms with Crippen LogP contribution in [0.15, 0.2) is 66.7 Å². The molecule has 6 heteroatoms. The third-order valence-corrected chi connectivity index (χ3v) is 8.69. The predicted octanol–water partition coefficient (Wildman–Crippen LogP) is 6.67. The molecule has 0 aliphatic heterocycles. The number of hydrogen-bond acceptors (Lipinski definition) is 5. The molecule has 4 aromatic rings. The quantitative estimate of drug-likeness (QED) is 0.315. The lowest BCUT2D eigenvalue weighted by atomic mass is 9.90. The molecular formula is C31H31N3O2S. The first-order valence-corrected chi connectivity index (χ1v) is 13.5. The smallest absolute Gasteiger partial charge is 0.264 e. The second kappa shape index (κ2) is 10.8. The Morgan fingerprint density at radius 1 is 1.08 bits per heavy atom. The molecule has 3 aromatic carbocycles. The molecule has 1 amide bonds. The molecule has 5 rings (SSSR count). The average Bonchev–Trinajstić information content (AvgIpc) is 3.28. The van der Waals surface area contributed by atoms with E-state index in [0.29, 0.717) is 12.1 Å². The van der Waals surface area contributed by atoms with Crippen LogP contribution in [0.1, 0.15) is 52.0 Å². The fourth-order valence-electron chi connectivity index (χ4n) is 5.28. The number of fused-ring (bicyclic) bond motifs is 1. The van der Waals surface area contributed by atoms with Crippen molar-refractivity contribution in [1.82, 2.24) is 4.90 Å². The fraction of sp³-hybridized carbons (Fsp3) is 0.290. The number of ether oxygens (including phenoxy) is 1. The summed E-state index contributed by atoms with van der Waals surface area (Å²) in [6.07, 6.45) is 3.69. The lowest BCUT2D eigenvalue weighted by molar-refractivity contribution is 0.0610. The van der Waals surface area contributed by atoms with Crippen molar-refractivity contribution < 1.29 is 9.53 Å². The highest BCUT2D eigenvalue weighted by Gasteiger charge is 2.30. The van der Waals surface area contributed by atoms with Crippen LogP contribution in [0, 0.1) is 18.3 Å². The summed E-state index contributed by atoms with van der Waals surface area (Å²) in [5.74, 6) is 0.840. The first kappa shape index (κ1) is 25.0. The van der Waals surface area contributed by atoms with Gasteiger partial charge in [0.2, 0.25) is 0 Å². The van der Waals surface area contributed by atoms with Crippen molar-refractivity contribution in [3.63, 3.8) is 0 Å². The van der Waals surface area contributed by atoms with Gasteiger partial charge in [-0.15, -0.1) is 11.3 Å². The monoisotopic (exact) mass is 509 g/mol. The normalized spacial score (nSPS) is 17.4. The summed E-state index contributed by atoms with van der Waals surface area (Å²) in [6, 6.07) is 24.4. The van der Waals surface area contributed by atoms with E-state index >= 15 is 0 Å². The number of carbonyl (C=O) groups excluding carboxylic acids is 1. The summed E-state index contributed by atoms with van der Waals surface area (Å²) in [7, 11) is 1.66. The van der Waals surface area contributed by atoms with Gasteiger partial charge < -0.3 is 15.4 Å². The Bertz CT molecular complexity index is 1460. The lowest BCUT2D eigenvalue weighted by Gasteiger charge is -2.36. The molecule has 0 radical (unpaired) electrons. The Morgan fingerprint density at radius 3 is 2.49 bits per heavy atom. The van der Waals surface area contributed by atoms with Crippen LogP contribution >= 0.6 is 11.3 Å². The summed E-state index contributed by atoms with van der Waals surface area (Å²) in [6.45, 7) is 2.56. The molecule has 1 aliphatic carbocycles. The minimum absolute atomic E-state index is 0.0920. The molecular weight excluding hydrogens is 478 g/mol. The van der Waals surface area contributed by atoms with Crippen molar-refractivity contribution in [3.8, 4) is 22.9 Å². The number of hydrogen-bond donors (Lipinski definition) is 1. The Balaban J connectivity index is 1.48. The number of methoxy groups -OCH3 is 1. The second-order valence-corrected chi connectivity index (χ2v) is 10.8. The van der Waals surface area contributed by atoms with E-state index in [1.165, 1.54) is 0 Å². The molecule has 5 nitrogen and oxygen atoms in total. The molecule has 1 fully saturated rings. The SMILES string of the molecule is COc1cc(CN(C(=O)c2sc3ccccc3c2C)C2CCC(N)CC2)ccc1-c1ccc(C#N)cc1. The molecule has 188 valence electrons. The minimum Gasteiger partial charge on any atom is -0.496 e. The van der Waals surface area contributed by atoms with Gasteiger partial charge in [0, 0.05) is 28.9 Å². The number of amides is 1. The third-order valence-electron chi connectivity index (χ3n) is 7.42. The van der Waals surface area contributed by atoms with Gasteiger partial charge in [-0.2, -0.15) is 5.26 Å². The third kappa shape index (κ3) is 5.11. The first-order valence-electron chi connectivity index (χ1n) is 12.7. The Labute approximate surface area is 222 Å². The average molecular weight is 510 g/mol. The van der Waals surface area contributed by atoms with Gasteiger partial charge in [-0.1, -0.05) is 42.5 Å². The van der Waals surface area contributed by atoms with Gasteiger partial charge in [-0.3, -0.25) is 4.79 Å². The van der Waals surface area contributed by atoms with Crippen molar-refractivity contribution >= 4 is 27.3 Å². The summed E-state index contributed by atoms with van der Waals surface area (Å²) in [5.41, 5.74) is 10.8. The van der Waals surface area contributed by atoms with Crippen LogP contribution in [-0.2, 0) is 6.54 Å².